The number of benzene rings is 1. The average molecular weight is 493 g/mol. The number of nitrogens with zero attached hydrogens (tertiary/aromatic N) is 2. The Hall–Kier alpha value is -1.61. The molecule has 0 spiro atoms. The van der Waals surface area contributed by atoms with Gasteiger partial charge in [-0.25, -0.2) is 9.37 Å². The molecule has 0 aliphatic carbocycles. The molecule has 0 saturated carbocycles. The zero-order chi connectivity index (χ0) is 18.1. The fourth-order valence-electron chi connectivity index (χ4n) is 2.13. The first-order valence-corrected chi connectivity index (χ1v) is 8.45. The number of guanidine groups is 1. The van der Waals surface area contributed by atoms with Crippen molar-refractivity contribution < 1.29 is 9.13 Å². The lowest BCUT2D eigenvalue weighted by Gasteiger charge is -2.20. The molecule has 1 heterocycles. The summed E-state index contributed by atoms with van der Waals surface area (Å²) in [6, 6.07) is 9.79. The molecule has 142 valence electrons. The summed E-state index contributed by atoms with van der Waals surface area (Å²) in [5.41, 5.74) is 0.996. The van der Waals surface area contributed by atoms with Gasteiger partial charge in [-0.3, -0.25) is 4.99 Å². The molecule has 1 unspecified atom stereocenters. The molecule has 2 N–H and O–H groups in total. The van der Waals surface area contributed by atoms with Crippen LogP contribution in [0, 0.1) is 5.82 Å². The number of nitrogens with one attached hydrogen (secondary N) is 2. The summed E-state index contributed by atoms with van der Waals surface area (Å²) in [4.78, 5) is 8.22. The first-order chi connectivity index (χ1) is 12.1. The quantitative estimate of drug-likeness (QED) is 0.265. The normalized spacial score (nSPS) is 12.1. The van der Waals surface area contributed by atoms with E-state index in [1.807, 2.05) is 13.0 Å². The van der Waals surface area contributed by atoms with Crippen LogP contribution in [0.2, 0.25) is 5.15 Å². The molecular formula is C18H23ClFIN4O. The Morgan fingerprint density at radius 3 is 2.73 bits per heavy atom. The number of hydrogen-bond acceptors (Lipinski definition) is 3. The Balaban J connectivity index is 0.00000338. The van der Waals surface area contributed by atoms with Gasteiger partial charge in [-0.05, 0) is 30.2 Å². The minimum absolute atomic E-state index is 0. The van der Waals surface area contributed by atoms with Crippen molar-refractivity contribution in [2.45, 2.75) is 26.0 Å². The highest BCUT2D eigenvalue weighted by Gasteiger charge is 2.10. The Morgan fingerprint density at radius 1 is 1.31 bits per heavy atom. The third kappa shape index (κ3) is 7.74. The fraction of sp³-hybridized carbons (Fsp3) is 0.333. The van der Waals surface area contributed by atoms with E-state index in [0.717, 1.165) is 12.0 Å². The highest BCUT2D eigenvalue weighted by Crippen LogP contribution is 2.14. The molecular weight excluding hydrogens is 470 g/mol. The molecule has 1 aromatic carbocycles. The van der Waals surface area contributed by atoms with Gasteiger partial charge in [0.25, 0.3) is 0 Å². The molecule has 0 amide bonds. The lowest BCUT2D eigenvalue weighted by Crippen LogP contribution is -2.42. The molecule has 0 aliphatic heterocycles. The second-order valence-corrected chi connectivity index (χ2v) is 5.79. The minimum Gasteiger partial charge on any atom is -0.489 e. The van der Waals surface area contributed by atoms with Gasteiger partial charge in [0.05, 0.1) is 6.54 Å². The summed E-state index contributed by atoms with van der Waals surface area (Å²) < 4.78 is 19.0. The van der Waals surface area contributed by atoms with Crippen LogP contribution < -0.4 is 15.4 Å². The van der Waals surface area contributed by atoms with Crippen molar-refractivity contribution >= 4 is 41.5 Å². The SMILES string of the molecule is CCC(CNC(=NC)NCc1ccc(Cl)nc1)Oc1cccc(F)c1.I. The number of aliphatic imine (C=N–C) groups is 1. The predicted molar refractivity (Wildman–Crippen MR) is 114 cm³/mol. The lowest BCUT2D eigenvalue weighted by atomic mass is 10.2. The number of ether oxygens (including phenoxy) is 1. The van der Waals surface area contributed by atoms with Crippen molar-refractivity contribution in [3.8, 4) is 5.75 Å². The van der Waals surface area contributed by atoms with Gasteiger partial charge in [-0.2, -0.15) is 0 Å². The van der Waals surface area contributed by atoms with Crippen LogP contribution in [-0.4, -0.2) is 30.6 Å². The van der Waals surface area contributed by atoms with Crippen LogP contribution in [0.1, 0.15) is 18.9 Å². The molecule has 1 aromatic heterocycles. The summed E-state index contributed by atoms with van der Waals surface area (Å²) >= 11 is 5.77. The monoisotopic (exact) mass is 492 g/mol. The molecule has 1 atom stereocenters. The maximum absolute atomic E-state index is 13.2. The Morgan fingerprint density at radius 2 is 2.12 bits per heavy atom. The van der Waals surface area contributed by atoms with Crippen LogP contribution in [0.3, 0.4) is 0 Å². The summed E-state index contributed by atoms with van der Waals surface area (Å²) in [6.45, 7) is 3.14. The van der Waals surface area contributed by atoms with Gasteiger partial charge in [0.15, 0.2) is 5.96 Å². The van der Waals surface area contributed by atoms with Gasteiger partial charge in [0.1, 0.15) is 22.8 Å². The topological polar surface area (TPSA) is 58.5 Å². The molecule has 0 aliphatic rings. The van der Waals surface area contributed by atoms with E-state index in [-0.39, 0.29) is 35.9 Å². The van der Waals surface area contributed by atoms with Crippen molar-refractivity contribution in [1.82, 2.24) is 15.6 Å². The van der Waals surface area contributed by atoms with E-state index in [9.17, 15) is 4.39 Å². The van der Waals surface area contributed by atoms with E-state index in [2.05, 4.69) is 20.6 Å². The van der Waals surface area contributed by atoms with Crippen molar-refractivity contribution in [2.24, 2.45) is 4.99 Å². The summed E-state index contributed by atoms with van der Waals surface area (Å²) in [5, 5.41) is 6.87. The molecule has 0 fully saturated rings. The van der Waals surface area contributed by atoms with E-state index in [1.165, 1.54) is 12.1 Å². The largest absolute Gasteiger partial charge is 0.489 e. The van der Waals surface area contributed by atoms with E-state index < -0.39 is 0 Å². The van der Waals surface area contributed by atoms with Crippen molar-refractivity contribution in [2.75, 3.05) is 13.6 Å². The Bertz CT molecular complexity index is 700. The predicted octanol–water partition coefficient (Wildman–Crippen LogP) is 4.01. The first-order valence-electron chi connectivity index (χ1n) is 8.08. The van der Waals surface area contributed by atoms with Crippen LogP contribution in [0.25, 0.3) is 0 Å². The third-order valence-corrected chi connectivity index (χ3v) is 3.75. The Labute approximate surface area is 175 Å². The van der Waals surface area contributed by atoms with E-state index in [4.69, 9.17) is 16.3 Å². The van der Waals surface area contributed by atoms with E-state index in [0.29, 0.717) is 30.0 Å². The van der Waals surface area contributed by atoms with Gasteiger partial charge >= 0.3 is 0 Å². The molecule has 2 aromatic rings. The second kappa shape index (κ2) is 11.9. The molecule has 5 nitrogen and oxygen atoms in total. The third-order valence-electron chi connectivity index (χ3n) is 3.52. The van der Waals surface area contributed by atoms with E-state index >= 15 is 0 Å². The average Bonchev–Trinajstić information content (AvgIpc) is 2.62. The van der Waals surface area contributed by atoms with Gasteiger partial charge in [0.2, 0.25) is 0 Å². The van der Waals surface area contributed by atoms with Gasteiger partial charge < -0.3 is 15.4 Å². The van der Waals surface area contributed by atoms with Gasteiger partial charge in [-0.15, -0.1) is 24.0 Å². The summed E-state index contributed by atoms with van der Waals surface area (Å²) in [6.07, 6.45) is 2.39. The molecule has 26 heavy (non-hydrogen) atoms. The summed E-state index contributed by atoms with van der Waals surface area (Å²) in [5.74, 6) is 0.856. The standard InChI is InChI=1S/C18H22ClFN4O.HI/c1-3-15(25-16-6-4-5-14(20)9-16)12-24-18(21-2)23-11-13-7-8-17(19)22-10-13;/h4-10,15H,3,11-12H2,1-2H3,(H2,21,23,24);1H. The van der Waals surface area contributed by atoms with Crippen molar-refractivity contribution in [3.05, 3.63) is 59.1 Å². The highest BCUT2D eigenvalue weighted by atomic mass is 127. The lowest BCUT2D eigenvalue weighted by molar-refractivity contribution is 0.199. The molecule has 2 rings (SSSR count). The number of hydrogen-bond donors (Lipinski definition) is 2. The van der Waals surface area contributed by atoms with Crippen LogP contribution in [0.15, 0.2) is 47.6 Å². The maximum Gasteiger partial charge on any atom is 0.191 e. The number of aromatic nitrogens is 1. The molecule has 0 radical (unpaired) electrons. The zero-order valence-corrected chi connectivity index (χ0v) is 17.8. The van der Waals surface area contributed by atoms with Crippen LogP contribution in [0.4, 0.5) is 4.39 Å². The van der Waals surface area contributed by atoms with Crippen molar-refractivity contribution in [1.29, 1.82) is 0 Å². The van der Waals surface area contributed by atoms with Crippen LogP contribution in [-0.2, 0) is 6.54 Å². The number of pyridine rings is 1. The highest BCUT2D eigenvalue weighted by molar-refractivity contribution is 14.0. The Kier molecular flexibility index (Phi) is 10.3. The van der Waals surface area contributed by atoms with Crippen LogP contribution in [0.5, 0.6) is 5.75 Å². The number of rotatable bonds is 7. The van der Waals surface area contributed by atoms with Gasteiger partial charge in [0, 0.05) is 25.9 Å². The first kappa shape index (κ1) is 22.4. The maximum atomic E-state index is 13.2. The fourth-order valence-corrected chi connectivity index (χ4v) is 2.24. The minimum atomic E-state index is -0.311. The smallest absolute Gasteiger partial charge is 0.191 e. The molecule has 0 saturated heterocycles. The molecule has 8 heteroatoms. The van der Waals surface area contributed by atoms with E-state index in [1.54, 1.807) is 31.4 Å². The second-order valence-electron chi connectivity index (χ2n) is 5.40. The van der Waals surface area contributed by atoms with Crippen LogP contribution >= 0.6 is 35.6 Å². The van der Waals surface area contributed by atoms with Gasteiger partial charge in [-0.1, -0.05) is 30.7 Å². The summed E-state index contributed by atoms with van der Waals surface area (Å²) in [7, 11) is 1.70. The molecule has 0 bridgehead atoms. The number of halogens is 3. The zero-order valence-electron chi connectivity index (χ0n) is 14.7. The van der Waals surface area contributed by atoms with Crippen molar-refractivity contribution in [3.63, 3.8) is 0 Å².